The zero-order chi connectivity index (χ0) is 15.1. The second-order valence-electron chi connectivity index (χ2n) is 6.62. The molecule has 0 N–H and O–H groups in total. The van der Waals surface area contributed by atoms with Crippen molar-refractivity contribution < 1.29 is 0 Å². The van der Waals surface area contributed by atoms with Crippen LogP contribution in [0.25, 0.3) is 0 Å². The van der Waals surface area contributed by atoms with Gasteiger partial charge in [0.2, 0.25) is 0 Å². The lowest BCUT2D eigenvalue weighted by Gasteiger charge is -2.30. The number of hydrogen-bond donors (Lipinski definition) is 0. The fraction of sp³-hybridized carbons (Fsp3) is 0.684. The number of hydrogen-bond acceptors (Lipinski definition) is 2. The van der Waals surface area contributed by atoms with Gasteiger partial charge in [-0.25, -0.2) is 0 Å². The largest absolute Gasteiger partial charge is 0.306 e. The molecule has 1 aromatic carbocycles. The van der Waals surface area contributed by atoms with Gasteiger partial charge in [-0.1, -0.05) is 38.1 Å². The van der Waals surface area contributed by atoms with Crippen molar-refractivity contribution in [2.45, 2.75) is 52.0 Å². The topological polar surface area (TPSA) is 6.48 Å². The zero-order valence-corrected chi connectivity index (χ0v) is 14.1. The van der Waals surface area contributed by atoms with E-state index in [2.05, 4.69) is 55.0 Å². The predicted molar refractivity (Wildman–Crippen MR) is 91.8 cm³/mol. The molecular formula is C19H32N2. The Morgan fingerprint density at radius 3 is 2.33 bits per heavy atom. The normalized spacial score (nSPS) is 20.1. The number of piperidine rings is 1. The lowest BCUT2D eigenvalue weighted by Crippen LogP contribution is -2.30. The van der Waals surface area contributed by atoms with Gasteiger partial charge < -0.3 is 4.90 Å². The van der Waals surface area contributed by atoms with Crippen molar-refractivity contribution in [3.05, 3.63) is 35.4 Å². The highest BCUT2D eigenvalue weighted by Gasteiger charge is 2.18. The third-order valence-corrected chi connectivity index (χ3v) is 4.56. The molecule has 2 nitrogen and oxygen atoms in total. The number of benzene rings is 1. The molecule has 0 aromatic heterocycles. The van der Waals surface area contributed by atoms with E-state index in [1.807, 2.05) is 0 Å². The fourth-order valence-corrected chi connectivity index (χ4v) is 3.49. The van der Waals surface area contributed by atoms with Gasteiger partial charge in [0.05, 0.1) is 0 Å². The molecule has 2 rings (SSSR count). The Balaban J connectivity index is 1.94. The summed E-state index contributed by atoms with van der Waals surface area (Å²) in [7, 11) is 2.24. The molecule has 1 aromatic rings. The van der Waals surface area contributed by atoms with Gasteiger partial charge in [-0.05, 0) is 69.4 Å². The molecule has 0 aliphatic carbocycles. The molecule has 0 saturated carbocycles. The summed E-state index contributed by atoms with van der Waals surface area (Å²) in [5.74, 6) is 0.736. The second kappa shape index (κ2) is 8.55. The summed E-state index contributed by atoms with van der Waals surface area (Å²) in [6.45, 7) is 10.5. The third-order valence-electron chi connectivity index (χ3n) is 4.56. The number of nitrogens with zero attached hydrogens (tertiary/aromatic N) is 2. The average molecular weight is 288 g/mol. The Morgan fingerprint density at radius 1 is 1.10 bits per heavy atom. The first-order valence-corrected chi connectivity index (χ1v) is 8.72. The van der Waals surface area contributed by atoms with Crippen LogP contribution in [0.4, 0.5) is 0 Å². The molecule has 21 heavy (non-hydrogen) atoms. The second-order valence-corrected chi connectivity index (χ2v) is 6.62. The summed E-state index contributed by atoms with van der Waals surface area (Å²) in [6.07, 6.45) is 5.17. The van der Waals surface area contributed by atoms with Crippen molar-refractivity contribution >= 4 is 0 Å². The van der Waals surface area contributed by atoms with Crippen molar-refractivity contribution in [3.8, 4) is 0 Å². The van der Waals surface area contributed by atoms with Crippen LogP contribution in [0.5, 0.6) is 0 Å². The maximum atomic E-state index is 2.57. The summed E-state index contributed by atoms with van der Waals surface area (Å²) < 4.78 is 0. The number of likely N-dealkylation sites (N-methyl/N-ethyl adjacent to an activating group) is 1. The molecule has 0 bridgehead atoms. The van der Waals surface area contributed by atoms with Crippen molar-refractivity contribution in [2.24, 2.45) is 0 Å². The van der Waals surface area contributed by atoms with Crippen LogP contribution in [-0.4, -0.2) is 43.0 Å². The molecule has 0 amide bonds. The van der Waals surface area contributed by atoms with Gasteiger partial charge >= 0.3 is 0 Å². The van der Waals surface area contributed by atoms with E-state index >= 15 is 0 Å². The van der Waals surface area contributed by atoms with Gasteiger partial charge in [0.25, 0.3) is 0 Å². The van der Waals surface area contributed by atoms with Crippen LogP contribution in [0, 0.1) is 0 Å². The summed E-state index contributed by atoms with van der Waals surface area (Å²) in [5.41, 5.74) is 2.99. The summed E-state index contributed by atoms with van der Waals surface area (Å²) in [5, 5.41) is 0. The molecule has 1 saturated heterocycles. The fourth-order valence-electron chi connectivity index (χ4n) is 3.49. The Bertz CT molecular complexity index is 393. The highest BCUT2D eigenvalue weighted by atomic mass is 15.1. The van der Waals surface area contributed by atoms with Gasteiger partial charge in [0, 0.05) is 13.1 Å². The maximum Gasteiger partial charge on any atom is 0.0233 e. The molecule has 1 aliphatic rings. The van der Waals surface area contributed by atoms with Gasteiger partial charge in [-0.2, -0.15) is 0 Å². The van der Waals surface area contributed by atoms with Gasteiger partial charge in [0.1, 0.15) is 0 Å². The smallest absolute Gasteiger partial charge is 0.0233 e. The molecule has 1 atom stereocenters. The van der Waals surface area contributed by atoms with E-state index in [0.717, 1.165) is 12.5 Å². The highest BCUT2D eigenvalue weighted by molar-refractivity contribution is 5.26. The molecule has 2 heteroatoms. The van der Waals surface area contributed by atoms with E-state index in [1.165, 1.54) is 63.0 Å². The van der Waals surface area contributed by atoms with E-state index in [1.54, 1.807) is 0 Å². The standard InChI is InChI=1S/C19H32N2/c1-4-12-21(13-5-2)15-17-8-10-18(11-9-17)19-7-6-14-20(3)16-19/h8-11,19H,4-7,12-16H2,1-3H3. The molecule has 0 spiro atoms. The molecule has 1 unspecified atom stereocenters. The minimum Gasteiger partial charge on any atom is -0.306 e. The van der Waals surface area contributed by atoms with E-state index < -0.39 is 0 Å². The van der Waals surface area contributed by atoms with Crippen LogP contribution in [0.15, 0.2) is 24.3 Å². The van der Waals surface area contributed by atoms with Crippen LogP contribution < -0.4 is 0 Å². The van der Waals surface area contributed by atoms with E-state index in [4.69, 9.17) is 0 Å². The molecule has 118 valence electrons. The highest BCUT2D eigenvalue weighted by Crippen LogP contribution is 2.26. The quantitative estimate of drug-likeness (QED) is 0.745. The Labute approximate surface area is 131 Å². The molecular weight excluding hydrogens is 256 g/mol. The van der Waals surface area contributed by atoms with Gasteiger partial charge in [-0.15, -0.1) is 0 Å². The number of likely N-dealkylation sites (tertiary alicyclic amines) is 1. The zero-order valence-electron chi connectivity index (χ0n) is 14.1. The SMILES string of the molecule is CCCN(CCC)Cc1ccc(C2CCCN(C)C2)cc1. The Morgan fingerprint density at radius 2 is 1.76 bits per heavy atom. The average Bonchev–Trinajstić information content (AvgIpc) is 2.48. The lowest BCUT2D eigenvalue weighted by atomic mass is 9.90. The van der Waals surface area contributed by atoms with Crippen LogP contribution in [-0.2, 0) is 6.54 Å². The van der Waals surface area contributed by atoms with E-state index in [9.17, 15) is 0 Å². The predicted octanol–water partition coefficient (Wildman–Crippen LogP) is 4.12. The van der Waals surface area contributed by atoms with Crippen LogP contribution >= 0.6 is 0 Å². The Kier molecular flexibility index (Phi) is 6.72. The van der Waals surface area contributed by atoms with Crippen molar-refractivity contribution in [2.75, 3.05) is 33.2 Å². The third kappa shape index (κ3) is 5.12. The minimum atomic E-state index is 0.736. The summed E-state index contributed by atoms with van der Waals surface area (Å²) >= 11 is 0. The van der Waals surface area contributed by atoms with E-state index in [0.29, 0.717) is 0 Å². The first kappa shape index (κ1) is 16.5. The Hall–Kier alpha value is -0.860. The summed E-state index contributed by atoms with van der Waals surface area (Å²) in [6, 6.07) is 9.44. The number of rotatable bonds is 7. The van der Waals surface area contributed by atoms with Crippen LogP contribution in [0.3, 0.4) is 0 Å². The first-order valence-electron chi connectivity index (χ1n) is 8.72. The molecule has 1 aliphatic heterocycles. The molecule has 0 radical (unpaired) electrons. The van der Waals surface area contributed by atoms with Crippen molar-refractivity contribution in [1.29, 1.82) is 0 Å². The monoisotopic (exact) mass is 288 g/mol. The van der Waals surface area contributed by atoms with Gasteiger partial charge in [0.15, 0.2) is 0 Å². The molecule has 1 fully saturated rings. The summed E-state index contributed by atoms with van der Waals surface area (Å²) in [4.78, 5) is 5.04. The van der Waals surface area contributed by atoms with E-state index in [-0.39, 0.29) is 0 Å². The first-order chi connectivity index (χ1) is 10.2. The van der Waals surface area contributed by atoms with Crippen LogP contribution in [0.1, 0.15) is 56.6 Å². The van der Waals surface area contributed by atoms with Crippen LogP contribution in [0.2, 0.25) is 0 Å². The van der Waals surface area contributed by atoms with Gasteiger partial charge in [-0.3, -0.25) is 4.90 Å². The lowest BCUT2D eigenvalue weighted by molar-refractivity contribution is 0.250. The van der Waals surface area contributed by atoms with Crippen molar-refractivity contribution in [1.82, 2.24) is 9.80 Å². The molecule has 1 heterocycles. The minimum absolute atomic E-state index is 0.736. The maximum absolute atomic E-state index is 2.57. The van der Waals surface area contributed by atoms with Crippen molar-refractivity contribution in [3.63, 3.8) is 0 Å².